The smallest absolute Gasteiger partial charge is 0.0404 e. The lowest BCUT2D eigenvalue weighted by atomic mass is 10.2. The Morgan fingerprint density at radius 2 is 2.19 bits per heavy atom. The molecule has 0 fully saturated rings. The second-order valence-electron chi connectivity index (χ2n) is 4.07. The van der Waals surface area contributed by atoms with Crippen molar-refractivity contribution in [3.05, 3.63) is 30.1 Å². The van der Waals surface area contributed by atoms with E-state index in [1.807, 2.05) is 18.3 Å². The Morgan fingerprint density at radius 1 is 1.31 bits per heavy atom. The maximum Gasteiger partial charge on any atom is 0.0404 e. The normalized spacial score (nSPS) is 10.9. The molecule has 16 heavy (non-hydrogen) atoms. The molecule has 0 aliphatic carbocycles. The lowest BCUT2D eigenvalue weighted by Crippen LogP contribution is -2.29. The maximum atomic E-state index is 4.30. The zero-order chi connectivity index (χ0) is 11.6. The van der Waals surface area contributed by atoms with E-state index in [-0.39, 0.29) is 0 Å². The molecule has 0 bridgehead atoms. The highest BCUT2D eigenvalue weighted by Gasteiger charge is 1.95. The molecule has 1 aromatic rings. The number of aryl methyl sites for hydroxylation is 1. The third-order valence-corrected chi connectivity index (χ3v) is 2.72. The van der Waals surface area contributed by atoms with Crippen LogP contribution >= 0.6 is 0 Å². The Bertz CT molecular complexity index is 261. The van der Waals surface area contributed by atoms with Crippen LogP contribution in [-0.4, -0.2) is 43.1 Å². The van der Waals surface area contributed by atoms with Crippen LogP contribution < -0.4 is 5.32 Å². The number of likely N-dealkylation sites (N-methyl/N-ethyl adjacent to an activating group) is 1. The van der Waals surface area contributed by atoms with E-state index in [1.54, 1.807) is 0 Å². The summed E-state index contributed by atoms with van der Waals surface area (Å²) >= 11 is 0. The molecule has 0 radical (unpaired) electrons. The SMILES string of the molecule is CCN(C)CCNCCCc1ccccn1. The Morgan fingerprint density at radius 3 is 2.88 bits per heavy atom. The van der Waals surface area contributed by atoms with E-state index in [0.717, 1.165) is 39.0 Å². The van der Waals surface area contributed by atoms with E-state index in [9.17, 15) is 0 Å². The minimum absolute atomic E-state index is 1.07. The summed E-state index contributed by atoms with van der Waals surface area (Å²) in [7, 11) is 2.15. The van der Waals surface area contributed by atoms with Crippen molar-refractivity contribution in [2.75, 3.05) is 33.2 Å². The first-order valence-electron chi connectivity index (χ1n) is 6.12. The highest BCUT2D eigenvalue weighted by molar-refractivity contribution is 5.03. The van der Waals surface area contributed by atoms with Crippen molar-refractivity contribution in [2.45, 2.75) is 19.8 Å². The largest absolute Gasteiger partial charge is 0.315 e. The van der Waals surface area contributed by atoms with Crippen LogP contribution in [0.3, 0.4) is 0 Å². The molecular weight excluding hydrogens is 198 g/mol. The molecule has 0 aliphatic heterocycles. The minimum atomic E-state index is 1.07. The van der Waals surface area contributed by atoms with Gasteiger partial charge in [-0.1, -0.05) is 13.0 Å². The van der Waals surface area contributed by atoms with Crippen LogP contribution in [0, 0.1) is 0 Å². The van der Waals surface area contributed by atoms with Gasteiger partial charge in [-0.05, 0) is 45.1 Å². The molecule has 1 rings (SSSR count). The van der Waals surface area contributed by atoms with Gasteiger partial charge in [0.05, 0.1) is 0 Å². The van der Waals surface area contributed by atoms with E-state index in [4.69, 9.17) is 0 Å². The molecule has 0 spiro atoms. The van der Waals surface area contributed by atoms with Gasteiger partial charge >= 0.3 is 0 Å². The van der Waals surface area contributed by atoms with Crippen LogP contribution in [0.2, 0.25) is 0 Å². The van der Waals surface area contributed by atoms with Gasteiger partial charge in [-0.2, -0.15) is 0 Å². The molecule has 0 atom stereocenters. The van der Waals surface area contributed by atoms with E-state index < -0.39 is 0 Å². The van der Waals surface area contributed by atoms with Gasteiger partial charge in [0.2, 0.25) is 0 Å². The molecule has 3 heteroatoms. The number of hydrogen-bond acceptors (Lipinski definition) is 3. The van der Waals surface area contributed by atoms with E-state index >= 15 is 0 Å². The second kappa shape index (κ2) is 8.25. The van der Waals surface area contributed by atoms with Gasteiger partial charge in [0.15, 0.2) is 0 Å². The molecule has 90 valence electrons. The number of rotatable bonds is 8. The molecular formula is C13H23N3. The van der Waals surface area contributed by atoms with Crippen molar-refractivity contribution in [1.82, 2.24) is 15.2 Å². The standard InChI is InChI=1S/C13H23N3/c1-3-16(2)12-11-14-9-6-8-13-7-4-5-10-15-13/h4-5,7,10,14H,3,6,8-9,11-12H2,1-2H3. The highest BCUT2D eigenvalue weighted by Crippen LogP contribution is 1.96. The van der Waals surface area contributed by atoms with Crippen LogP contribution in [-0.2, 0) is 6.42 Å². The van der Waals surface area contributed by atoms with Crippen LogP contribution in [0.4, 0.5) is 0 Å². The van der Waals surface area contributed by atoms with Crippen LogP contribution in [0.15, 0.2) is 24.4 Å². The van der Waals surface area contributed by atoms with Gasteiger partial charge in [0.25, 0.3) is 0 Å². The number of aromatic nitrogens is 1. The first-order valence-corrected chi connectivity index (χ1v) is 6.12. The van der Waals surface area contributed by atoms with Crippen LogP contribution in [0.1, 0.15) is 19.0 Å². The first-order chi connectivity index (χ1) is 7.83. The van der Waals surface area contributed by atoms with Crippen LogP contribution in [0.5, 0.6) is 0 Å². The number of nitrogens with zero attached hydrogens (tertiary/aromatic N) is 2. The van der Waals surface area contributed by atoms with Crippen molar-refractivity contribution in [1.29, 1.82) is 0 Å². The topological polar surface area (TPSA) is 28.2 Å². The zero-order valence-corrected chi connectivity index (χ0v) is 10.4. The molecule has 0 amide bonds. The van der Waals surface area contributed by atoms with Crippen molar-refractivity contribution in [2.24, 2.45) is 0 Å². The van der Waals surface area contributed by atoms with Crippen molar-refractivity contribution in [3.63, 3.8) is 0 Å². The average Bonchev–Trinajstić information content (AvgIpc) is 2.34. The Labute approximate surface area is 98.9 Å². The Kier molecular flexibility index (Phi) is 6.77. The molecule has 1 N–H and O–H groups in total. The van der Waals surface area contributed by atoms with Crippen molar-refractivity contribution in [3.8, 4) is 0 Å². The van der Waals surface area contributed by atoms with Crippen molar-refractivity contribution < 1.29 is 0 Å². The maximum absolute atomic E-state index is 4.30. The minimum Gasteiger partial charge on any atom is -0.315 e. The van der Waals surface area contributed by atoms with Gasteiger partial charge in [0, 0.05) is 25.0 Å². The fourth-order valence-corrected chi connectivity index (χ4v) is 1.49. The van der Waals surface area contributed by atoms with E-state index in [2.05, 4.69) is 35.2 Å². The fraction of sp³-hybridized carbons (Fsp3) is 0.615. The summed E-state index contributed by atoms with van der Waals surface area (Å²) in [6, 6.07) is 6.10. The van der Waals surface area contributed by atoms with Gasteiger partial charge < -0.3 is 10.2 Å². The van der Waals surface area contributed by atoms with Crippen LogP contribution in [0.25, 0.3) is 0 Å². The van der Waals surface area contributed by atoms with Gasteiger partial charge in [-0.25, -0.2) is 0 Å². The third kappa shape index (κ3) is 5.83. The lowest BCUT2D eigenvalue weighted by Gasteiger charge is -2.13. The number of hydrogen-bond donors (Lipinski definition) is 1. The highest BCUT2D eigenvalue weighted by atomic mass is 15.1. The summed E-state index contributed by atoms with van der Waals surface area (Å²) in [5, 5.41) is 3.45. The molecule has 0 aliphatic rings. The summed E-state index contributed by atoms with van der Waals surface area (Å²) < 4.78 is 0. The van der Waals surface area contributed by atoms with Crippen molar-refractivity contribution >= 4 is 0 Å². The molecule has 0 saturated heterocycles. The molecule has 0 unspecified atom stereocenters. The van der Waals surface area contributed by atoms with E-state index in [1.165, 1.54) is 5.69 Å². The number of nitrogens with one attached hydrogen (secondary N) is 1. The third-order valence-electron chi connectivity index (χ3n) is 2.72. The molecule has 1 heterocycles. The quantitative estimate of drug-likeness (QED) is 0.675. The van der Waals surface area contributed by atoms with Gasteiger partial charge in [-0.15, -0.1) is 0 Å². The van der Waals surface area contributed by atoms with Gasteiger partial charge in [0.1, 0.15) is 0 Å². The summed E-state index contributed by atoms with van der Waals surface area (Å²) in [5.74, 6) is 0. The molecule has 0 saturated carbocycles. The fourth-order valence-electron chi connectivity index (χ4n) is 1.49. The van der Waals surface area contributed by atoms with E-state index in [0.29, 0.717) is 0 Å². The summed E-state index contributed by atoms with van der Waals surface area (Å²) in [5.41, 5.74) is 1.19. The predicted octanol–water partition coefficient (Wildman–Crippen LogP) is 1.56. The summed E-state index contributed by atoms with van der Waals surface area (Å²) in [6.45, 7) is 6.58. The molecule has 0 aromatic carbocycles. The molecule has 3 nitrogen and oxygen atoms in total. The Balaban J connectivity index is 1.96. The predicted molar refractivity (Wildman–Crippen MR) is 68.6 cm³/mol. The zero-order valence-electron chi connectivity index (χ0n) is 10.4. The van der Waals surface area contributed by atoms with Gasteiger partial charge in [-0.3, -0.25) is 4.98 Å². The average molecular weight is 221 g/mol. The monoisotopic (exact) mass is 221 g/mol. The first kappa shape index (κ1) is 13.1. The summed E-state index contributed by atoms with van der Waals surface area (Å²) in [6.07, 6.45) is 4.09. The second-order valence-corrected chi connectivity index (χ2v) is 4.07. The number of pyridine rings is 1. The summed E-state index contributed by atoms with van der Waals surface area (Å²) in [4.78, 5) is 6.61. The Hall–Kier alpha value is -0.930. The molecule has 1 aromatic heterocycles. The lowest BCUT2D eigenvalue weighted by molar-refractivity contribution is 0.349.